The molecule has 3 rings (SSSR count). The number of hydrogen-bond donors (Lipinski definition) is 1. The summed E-state index contributed by atoms with van der Waals surface area (Å²) in [7, 11) is 0. The molecule has 0 radical (unpaired) electrons. The molecule has 0 spiro atoms. The van der Waals surface area contributed by atoms with Crippen LogP contribution in [-0.2, 0) is 0 Å². The number of ether oxygens (including phenoxy) is 1. The highest BCUT2D eigenvalue weighted by Crippen LogP contribution is 2.33. The van der Waals surface area contributed by atoms with E-state index in [0.29, 0.717) is 24.7 Å². The molecule has 0 fully saturated rings. The second-order valence-corrected chi connectivity index (χ2v) is 7.34. The highest BCUT2D eigenvalue weighted by molar-refractivity contribution is 7.99. The molecular weight excluding hydrogens is 336 g/mol. The second-order valence-electron chi connectivity index (χ2n) is 6.23. The number of aldehydes is 1. The van der Waals surface area contributed by atoms with Crippen molar-refractivity contribution in [1.29, 1.82) is 0 Å². The number of phenolic OH excluding ortho intramolecular Hbond substituents is 1. The van der Waals surface area contributed by atoms with Crippen molar-refractivity contribution in [3.63, 3.8) is 0 Å². The first kappa shape index (κ1) is 17.6. The van der Waals surface area contributed by atoms with Crippen LogP contribution in [0.25, 0.3) is 5.57 Å². The van der Waals surface area contributed by atoms with Gasteiger partial charge in [-0.1, -0.05) is 6.07 Å². The standard InChI is InChI=1S/C19H22N2O3S/c1-13(2)21-17(6-8-20-21)15-7-9-25-12-14(15)11-24-19-5-3-4-18(23)16(19)10-22/h3-6,8,10,13,23H,7,9,11-12H2,1-2H3. The SMILES string of the molecule is CC(C)n1nccc1C1=C(COc2cccc(O)c2C=O)CSCC1. The molecule has 1 aromatic heterocycles. The Morgan fingerprint density at radius 1 is 1.40 bits per heavy atom. The number of aromatic nitrogens is 2. The van der Waals surface area contributed by atoms with Crippen molar-refractivity contribution in [3.8, 4) is 11.5 Å². The van der Waals surface area contributed by atoms with Crippen molar-refractivity contribution in [2.24, 2.45) is 0 Å². The lowest BCUT2D eigenvalue weighted by atomic mass is 10.0. The summed E-state index contributed by atoms with van der Waals surface area (Å²) >= 11 is 1.88. The Morgan fingerprint density at radius 3 is 3.00 bits per heavy atom. The number of allylic oxidation sites excluding steroid dienone is 1. The predicted octanol–water partition coefficient (Wildman–Crippen LogP) is 3.95. The first-order valence-corrected chi connectivity index (χ1v) is 9.49. The lowest BCUT2D eigenvalue weighted by Gasteiger charge is -2.22. The van der Waals surface area contributed by atoms with E-state index in [0.717, 1.165) is 23.6 Å². The Bertz CT molecular complexity index is 796. The van der Waals surface area contributed by atoms with E-state index in [9.17, 15) is 9.90 Å². The van der Waals surface area contributed by atoms with Gasteiger partial charge in [-0.05, 0) is 55.4 Å². The van der Waals surface area contributed by atoms with Crippen LogP contribution in [0.2, 0.25) is 0 Å². The number of phenols is 1. The van der Waals surface area contributed by atoms with Crippen LogP contribution in [0.3, 0.4) is 0 Å². The minimum Gasteiger partial charge on any atom is -0.507 e. The third-order valence-corrected chi connectivity index (χ3v) is 5.28. The summed E-state index contributed by atoms with van der Waals surface area (Å²) in [5, 5.41) is 14.2. The first-order chi connectivity index (χ1) is 12.1. The summed E-state index contributed by atoms with van der Waals surface area (Å²) in [5.74, 6) is 2.33. The average Bonchev–Trinajstić information content (AvgIpc) is 3.10. The van der Waals surface area contributed by atoms with Crippen molar-refractivity contribution in [2.45, 2.75) is 26.3 Å². The van der Waals surface area contributed by atoms with Gasteiger partial charge in [0.25, 0.3) is 0 Å². The summed E-state index contributed by atoms with van der Waals surface area (Å²) in [4.78, 5) is 11.2. The lowest BCUT2D eigenvalue weighted by molar-refractivity contribution is 0.111. The van der Waals surface area contributed by atoms with Crippen molar-refractivity contribution in [2.75, 3.05) is 18.1 Å². The first-order valence-electron chi connectivity index (χ1n) is 8.34. The molecule has 0 saturated heterocycles. The molecule has 0 aliphatic carbocycles. The van der Waals surface area contributed by atoms with Crippen molar-refractivity contribution < 1.29 is 14.6 Å². The average molecular weight is 358 g/mol. The van der Waals surface area contributed by atoms with E-state index in [1.807, 2.05) is 22.6 Å². The summed E-state index contributed by atoms with van der Waals surface area (Å²) in [6.45, 7) is 4.64. The number of nitrogens with zero attached hydrogens (tertiary/aromatic N) is 2. The molecule has 5 nitrogen and oxygen atoms in total. The normalized spacial score (nSPS) is 14.8. The number of benzene rings is 1. The molecule has 1 aromatic carbocycles. The maximum Gasteiger partial charge on any atom is 0.157 e. The summed E-state index contributed by atoms with van der Waals surface area (Å²) in [5.41, 5.74) is 3.82. The van der Waals surface area contributed by atoms with Crippen LogP contribution in [0.5, 0.6) is 11.5 Å². The Hall–Kier alpha value is -2.21. The fourth-order valence-corrected chi connectivity index (χ4v) is 3.97. The molecule has 0 amide bonds. The zero-order valence-corrected chi connectivity index (χ0v) is 15.3. The molecule has 0 bridgehead atoms. The van der Waals surface area contributed by atoms with Crippen molar-refractivity contribution in [1.82, 2.24) is 9.78 Å². The third kappa shape index (κ3) is 3.74. The van der Waals surface area contributed by atoms with Gasteiger partial charge in [-0.2, -0.15) is 16.9 Å². The maximum atomic E-state index is 11.2. The van der Waals surface area contributed by atoms with Gasteiger partial charge in [-0.15, -0.1) is 0 Å². The Kier molecular flexibility index (Phi) is 5.48. The van der Waals surface area contributed by atoms with Gasteiger partial charge in [-0.25, -0.2) is 0 Å². The van der Waals surface area contributed by atoms with E-state index in [1.165, 1.54) is 17.2 Å². The molecule has 2 aromatic rings. The summed E-state index contributed by atoms with van der Waals surface area (Å²) in [6.07, 6.45) is 3.44. The molecule has 6 heteroatoms. The van der Waals surface area contributed by atoms with E-state index in [4.69, 9.17) is 4.74 Å². The van der Waals surface area contributed by atoms with Crippen LogP contribution in [0.15, 0.2) is 36.0 Å². The molecule has 1 aliphatic heterocycles. The van der Waals surface area contributed by atoms with E-state index >= 15 is 0 Å². The van der Waals surface area contributed by atoms with Gasteiger partial charge in [-0.3, -0.25) is 9.48 Å². The molecule has 0 unspecified atom stereocenters. The number of aromatic hydroxyl groups is 1. The van der Waals surface area contributed by atoms with E-state index in [2.05, 4.69) is 25.0 Å². The number of thioether (sulfide) groups is 1. The monoisotopic (exact) mass is 358 g/mol. The quantitative estimate of drug-likeness (QED) is 0.792. The highest BCUT2D eigenvalue weighted by atomic mass is 32.2. The maximum absolute atomic E-state index is 11.2. The predicted molar refractivity (Wildman–Crippen MR) is 100 cm³/mol. The minimum absolute atomic E-state index is 0.0578. The summed E-state index contributed by atoms with van der Waals surface area (Å²) < 4.78 is 7.92. The van der Waals surface area contributed by atoms with Crippen molar-refractivity contribution >= 4 is 23.6 Å². The zero-order valence-electron chi connectivity index (χ0n) is 14.4. The van der Waals surface area contributed by atoms with Crippen LogP contribution in [-0.4, -0.2) is 39.3 Å². The molecule has 2 heterocycles. The van der Waals surface area contributed by atoms with Crippen LogP contribution >= 0.6 is 11.8 Å². The van der Waals surface area contributed by atoms with Gasteiger partial charge in [0.2, 0.25) is 0 Å². The van der Waals surface area contributed by atoms with Gasteiger partial charge in [0.1, 0.15) is 18.1 Å². The summed E-state index contributed by atoms with van der Waals surface area (Å²) in [6, 6.07) is 7.21. The Labute approximate surface area is 151 Å². The fourth-order valence-electron chi connectivity index (χ4n) is 2.98. The topological polar surface area (TPSA) is 64.3 Å². The van der Waals surface area contributed by atoms with E-state index in [1.54, 1.807) is 12.1 Å². The Balaban J connectivity index is 1.89. The van der Waals surface area contributed by atoms with Crippen LogP contribution < -0.4 is 4.74 Å². The van der Waals surface area contributed by atoms with Crippen LogP contribution in [0.4, 0.5) is 0 Å². The fraction of sp³-hybridized carbons (Fsp3) is 0.368. The molecule has 25 heavy (non-hydrogen) atoms. The van der Waals surface area contributed by atoms with Gasteiger partial charge in [0.05, 0.1) is 11.3 Å². The number of carbonyl (C=O) groups is 1. The highest BCUT2D eigenvalue weighted by Gasteiger charge is 2.20. The zero-order chi connectivity index (χ0) is 17.8. The van der Waals surface area contributed by atoms with Gasteiger partial charge >= 0.3 is 0 Å². The lowest BCUT2D eigenvalue weighted by Crippen LogP contribution is -2.15. The molecule has 132 valence electrons. The second kappa shape index (κ2) is 7.78. The van der Waals surface area contributed by atoms with Crippen LogP contribution in [0, 0.1) is 0 Å². The number of carbonyl (C=O) groups excluding carboxylic acids is 1. The van der Waals surface area contributed by atoms with Gasteiger partial charge < -0.3 is 9.84 Å². The van der Waals surface area contributed by atoms with Gasteiger partial charge in [0, 0.05) is 18.0 Å². The Morgan fingerprint density at radius 2 is 2.24 bits per heavy atom. The van der Waals surface area contributed by atoms with Crippen molar-refractivity contribution in [3.05, 3.63) is 47.3 Å². The third-order valence-electron chi connectivity index (χ3n) is 4.23. The van der Waals surface area contributed by atoms with Crippen LogP contribution in [0.1, 0.15) is 42.4 Å². The largest absolute Gasteiger partial charge is 0.507 e. The van der Waals surface area contributed by atoms with Gasteiger partial charge in [0.15, 0.2) is 6.29 Å². The molecule has 1 aliphatic rings. The molecule has 0 saturated carbocycles. The number of rotatable bonds is 6. The minimum atomic E-state index is -0.0578. The molecule has 1 N–H and O–H groups in total. The van der Waals surface area contributed by atoms with E-state index < -0.39 is 0 Å². The molecule has 0 atom stereocenters. The smallest absolute Gasteiger partial charge is 0.157 e. The van der Waals surface area contributed by atoms with E-state index in [-0.39, 0.29) is 11.3 Å². The molecular formula is C19H22N2O3S. The number of hydrogen-bond acceptors (Lipinski definition) is 5.